The summed E-state index contributed by atoms with van der Waals surface area (Å²) in [4.78, 5) is 0. The Morgan fingerprint density at radius 3 is 1.80 bits per heavy atom. The Bertz CT molecular complexity index is 21.6. The molecule has 0 nitrogen and oxygen atoms in total. The lowest BCUT2D eigenvalue weighted by atomic mass is 11.9. The molecule has 0 saturated heterocycles. The summed E-state index contributed by atoms with van der Waals surface area (Å²) in [5.74, 6) is 1.15. The first-order chi connectivity index (χ1) is 2.27. The molecular weight excluding hydrogens is 213 g/mol. The molecule has 0 aromatic carbocycles. The van der Waals surface area contributed by atoms with E-state index >= 15 is 0 Å². The van der Waals surface area contributed by atoms with Gasteiger partial charge in [-0.15, -0.1) is 0 Å². The normalized spacial score (nSPS) is 12.0. The third kappa shape index (κ3) is 5.59. The lowest BCUT2D eigenvalue weighted by molar-refractivity contribution is 2.30. The molecule has 0 aliphatic rings. The molecule has 5 heavy (non-hydrogen) atoms. The van der Waals surface area contributed by atoms with Crippen molar-refractivity contribution in [3.05, 3.63) is 0 Å². The van der Waals surface area contributed by atoms with Crippen LogP contribution in [0.1, 0.15) is 0 Å². The lowest BCUT2D eigenvalue weighted by Gasteiger charge is -1.90. The second kappa shape index (κ2) is 3.77. The maximum absolute atomic E-state index is 2.43. The molecule has 0 aliphatic heterocycles. The minimum absolute atomic E-state index is 0.416. The van der Waals surface area contributed by atoms with Gasteiger partial charge in [0.1, 0.15) is 0 Å². The Kier molecular flexibility index (Phi) is 4.97. The Labute approximate surface area is 49.0 Å². The zero-order valence-corrected chi connectivity index (χ0v) is 7.38. The van der Waals surface area contributed by atoms with Gasteiger partial charge in [0, 0.05) is 0 Å². The summed E-state index contributed by atoms with van der Waals surface area (Å²) in [6, 6.07) is 0. The van der Waals surface area contributed by atoms with Gasteiger partial charge in [-0.25, -0.2) is 0 Å². The number of halogens is 1. The van der Waals surface area contributed by atoms with Crippen molar-refractivity contribution in [1.82, 2.24) is 0 Å². The molecule has 0 N–H and O–H groups in total. The number of hydrogen-bond donors (Lipinski definition) is 0. The first-order valence-corrected chi connectivity index (χ1v) is 8.50. The second-order valence-corrected chi connectivity index (χ2v) is 10.5. The van der Waals surface area contributed by atoms with E-state index in [4.69, 9.17) is 0 Å². The molecule has 32 valence electrons. The van der Waals surface area contributed by atoms with Crippen molar-refractivity contribution in [2.45, 2.75) is 0 Å². The van der Waals surface area contributed by atoms with Gasteiger partial charge in [0.15, 0.2) is 0 Å². The molecule has 0 bridgehead atoms. The molecule has 0 amide bonds. The fourth-order valence-electron chi connectivity index (χ4n) is 0. The van der Waals surface area contributed by atoms with Crippen LogP contribution in [-0.4, -0.2) is 13.3 Å². The van der Waals surface area contributed by atoms with Gasteiger partial charge in [0.05, 0.1) is 0 Å². The van der Waals surface area contributed by atoms with Gasteiger partial charge in [0.2, 0.25) is 0 Å². The summed E-state index contributed by atoms with van der Waals surface area (Å²) in [6.07, 6.45) is 0. The number of hydrogen-bond acceptors (Lipinski definition) is 0. The van der Waals surface area contributed by atoms with Crippen LogP contribution >= 0.6 is 35.6 Å². The molecule has 0 aromatic heterocycles. The number of rotatable bonds is 1. The van der Waals surface area contributed by atoms with E-state index in [1.807, 2.05) is 0 Å². The van der Waals surface area contributed by atoms with Crippen LogP contribution in [-0.2, 0) is 0 Å². The maximum atomic E-state index is 2.43. The quantitative estimate of drug-likeness (QED) is 0.470. The highest BCUT2D eigenvalue weighted by molar-refractivity contribution is 14.2. The van der Waals surface area contributed by atoms with Crippen molar-refractivity contribution in [1.29, 1.82) is 0 Å². The molecule has 1 atom stereocenters. The summed E-state index contributed by atoms with van der Waals surface area (Å²) in [7, 11) is 0.416. The van der Waals surface area contributed by atoms with Crippen molar-refractivity contribution in [3.8, 4) is 0 Å². The highest BCUT2D eigenvalue weighted by atomic mass is 127. The van der Waals surface area contributed by atoms with E-state index in [1.165, 1.54) is 0 Å². The van der Waals surface area contributed by atoms with Crippen molar-refractivity contribution in [2.24, 2.45) is 0 Å². The van der Waals surface area contributed by atoms with Gasteiger partial charge in [-0.3, -0.25) is 0 Å². The topological polar surface area (TPSA) is 0 Å². The highest BCUT2D eigenvalue weighted by Crippen LogP contribution is 2.53. The molecular formula is C2H7IP2. The highest BCUT2D eigenvalue weighted by Gasteiger charge is 1.79. The molecule has 3 heteroatoms. The average molecular weight is 220 g/mol. The SMILES string of the molecule is CP(C)PI. The minimum atomic E-state index is 0.416. The smallest absolute Gasteiger partial charge is 0.0306 e. The van der Waals surface area contributed by atoms with E-state index in [2.05, 4.69) is 35.4 Å². The monoisotopic (exact) mass is 220 g/mol. The Morgan fingerprint density at radius 2 is 1.80 bits per heavy atom. The summed E-state index contributed by atoms with van der Waals surface area (Å²) in [5, 5.41) is 0. The molecule has 0 fully saturated rings. The van der Waals surface area contributed by atoms with E-state index in [9.17, 15) is 0 Å². The van der Waals surface area contributed by atoms with E-state index in [1.54, 1.807) is 0 Å². The predicted octanol–water partition coefficient (Wildman–Crippen LogP) is 2.67. The van der Waals surface area contributed by atoms with E-state index in [0.29, 0.717) is 7.61 Å². The Hall–Kier alpha value is 1.59. The predicted molar refractivity (Wildman–Crippen MR) is 41.1 cm³/mol. The summed E-state index contributed by atoms with van der Waals surface area (Å²) in [5.41, 5.74) is 0. The van der Waals surface area contributed by atoms with Crippen molar-refractivity contribution in [3.63, 3.8) is 0 Å². The molecule has 0 spiro atoms. The van der Waals surface area contributed by atoms with Crippen LogP contribution in [0.15, 0.2) is 0 Å². The summed E-state index contributed by atoms with van der Waals surface area (Å²) in [6.45, 7) is 4.58. The van der Waals surface area contributed by atoms with Gasteiger partial charge in [-0.05, 0) is 19.2 Å². The average Bonchev–Trinajstić information content (AvgIpc) is 1.38. The van der Waals surface area contributed by atoms with Gasteiger partial charge in [-0.1, -0.05) is 29.7 Å². The summed E-state index contributed by atoms with van der Waals surface area (Å²) < 4.78 is 0. The fraction of sp³-hybridized carbons (Fsp3) is 1.00. The second-order valence-electron chi connectivity index (χ2n) is 0.979. The van der Waals surface area contributed by atoms with Crippen LogP contribution < -0.4 is 0 Å². The minimum Gasteiger partial charge on any atom is -0.0801 e. The summed E-state index contributed by atoms with van der Waals surface area (Å²) >= 11 is 2.43. The van der Waals surface area contributed by atoms with Gasteiger partial charge in [0.25, 0.3) is 0 Å². The fourth-order valence-corrected chi connectivity index (χ4v) is 0. The van der Waals surface area contributed by atoms with Gasteiger partial charge >= 0.3 is 0 Å². The van der Waals surface area contributed by atoms with Crippen molar-refractivity contribution >= 4 is 35.6 Å². The van der Waals surface area contributed by atoms with Crippen LogP contribution in [0.25, 0.3) is 0 Å². The van der Waals surface area contributed by atoms with E-state index in [-0.39, 0.29) is 0 Å². The zero-order valence-electron chi connectivity index (χ0n) is 3.33. The molecule has 0 aromatic rings. The first kappa shape index (κ1) is 6.59. The van der Waals surface area contributed by atoms with Gasteiger partial charge in [-0.2, -0.15) is 0 Å². The first-order valence-electron chi connectivity index (χ1n) is 1.31. The molecule has 1 unspecified atom stereocenters. The van der Waals surface area contributed by atoms with Crippen LogP contribution in [0.5, 0.6) is 0 Å². The standard InChI is InChI=1S/C2H7IP2/c1-5(2)4-3/h4H,1-2H3. The van der Waals surface area contributed by atoms with Gasteiger partial charge < -0.3 is 0 Å². The maximum Gasteiger partial charge on any atom is -0.0306 e. The Morgan fingerprint density at radius 1 is 1.60 bits per heavy atom. The van der Waals surface area contributed by atoms with Crippen LogP contribution in [0, 0.1) is 0 Å². The third-order valence-electron chi connectivity index (χ3n) is 0.169. The van der Waals surface area contributed by atoms with Crippen LogP contribution in [0.3, 0.4) is 0 Å². The molecule has 0 saturated carbocycles. The van der Waals surface area contributed by atoms with E-state index < -0.39 is 0 Å². The molecule has 0 heterocycles. The molecule has 0 radical (unpaired) electrons. The largest absolute Gasteiger partial charge is 0.0801 e. The zero-order chi connectivity index (χ0) is 4.28. The molecule has 0 rings (SSSR count). The van der Waals surface area contributed by atoms with Crippen LogP contribution in [0.2, 0.25) is 0 Å². The van der Waals surface area contributed by atoms with Crippen LogP contribution in [0.4, 0.5) is 0 Å². The lowest BCUT2D eigenvalue weighted by Crippen LogP contribution is -1.38. The Balaban J connectivity index is 2.54. The van der Waals surface area contributed by atoms with Crippen molar-refractivity contribution < 1.29 is 0 Å². The van der Waals surface area contributed by atoms with Crippen molar-refractivity contribution in [2.75, 3.05) is 13.3 Å². The third-order valence-corrected chi connectivity index (χ3v) is 10.2. The molecule has 0 aliphatic carbocycles. The van der Waals surface area contributed by atoms with E-state index in [0.717, 1.165) is 5.91 Å².